The number of carbonyl (C=O) groups is 1. The number of benzene rings is 1. The molecule has 25 heavy (non-hydrogen) atoms. The van der Waals surface area contributed by atoms with E-state index in [2.05, 4.69) is 15.6 Å². The summed E-state index contributed by atoms with van der Waals surface area (Å²) in [6.07, 6.45) is 3.03. The summed E-state index contributed by atoms with van der Waals surface area (Å²) in [4.78, 5) is 16.2. The SMILES string of the molecule is Cl.Cl.O=C(Nc1cccc(OCc2cccnc2)c1)C1CNCCO1. The number of nitrogens with one attached hydrogen (secondary N) is 2. The minimum Gasteiger partial charge on any atom is -0.489 e. The van der Waals surface area contributed by atoms with Crippen molar-refractivity contribution < 1.29 is 14.3 Å². The highest BCUT2D eigenvalue weighted by Gasteiger charge is 2.21. The maximum absolute atomic E-state index is 12.1. The predicted octanol–water partition coefficient (Wildman–Crippen LogP) is 2.43. The van der Waals surface area contributed by atoms with Gasteiger partial charge < -0.3 is 20.1 Å². The van der Waals surface area contributed by atoms with E-state index in [0.29, 0.717) is 31.2 Å². The molecule has 1 amide bonds. The Bertz CT molecular complexity index is 653. The molecule has 1 aromatic heterocycles. The fourth-order valence-corrected chi connectivity index (χ4v) is 2.27. The van der Waals surface area contributed by atoms with Crippen molar-refractivity contribution in [3.05, 3.63) is 54.4 Å². The number of halogens is 2. The third-order valence-corrected chi connectivity index (χ3v) is 3.45. The molecule has 2 heterocycles. The van der Waals surface area contributed by atoms with E-state index in [1.165, 1.54) is 0 Å². The van der Waals surface area contributed by atoms with E-state index in [1.54, 1.807) is 18.5 Å². The molecular formula is C17H21Cl2N3O3. The number of carbonyl (C=O) groups excluding carboxylic acids is 1. The summed E-state index contributed by atoms with van der Waals surface area (Å²) in [6, 6.07) is 11.1. The summed E-state index contributed by atoms with van der Waals surface area (Å²) < 4.78 is 11.2. The number of pyridine rings is 1. The Hall–Kier alpha value is -1.86. The fourth-order valence-electron chi connectivity index (χ4n) is 2.27. The monoisotopic (exact) mass is 385 g/mol. The molecule has 0 aliphatic carbocycles. The molecule has 1 aliphatic rings. The second-order valence-corrected chi connectivity index (χ2v) is 5.23. The average molecular weight is 386 g/mol. The van der Waals surface area contributed by atoms with Crippen LogP contribution in [0.4, 0.5) is 5.69 Å². The molecule has 2 N–H and O–H groups in total. The van der Waals surface area contributed by atoms with Crippen molar-refractivity contribution in [2.45, 2.75) is 12.7 Å². The molecule has 136 valence electrons. The van der Waals surface area contributed by atoms with Gasteiger partial charge in [0.25, 0.3) is 5.91 Å². The Morgan fingerprint density at radius 2 is 2.20 bits per heavy atom. The molecule has 0 spiro atoms. The van der Waals surface area contributed by atoms with Crippen LogP contribution in [0.3, 0.4) is 0 Å². The second kappa shape index (κ2) is 10.9. The number of aromatic nitrogens is 1. The molecule has 1 unspecified atom stereocenters. The van der Waals surface area contributed by atoms with Gasteiger partial charge in [-0.1, -0.05) is 12.1 Å². The van der Waals surface area contributed by atoms with Gasteiger partial charge in [0.15, 0.2) is 0 Å². The van der Waals surface area contributed by atoms with Crippen molar-refractivity contribution in [1.29, 1.82) is 0 Å². The van der Waals surface area contributed by atoms with Crippen LogP contribution in [-0.2, 0) is 16.1 Å². The molecule has 0 bridgehead atoms. The lowest BCUT2D eigenvalue weighted by atomic mass is 10.2. The summed E-state index contributed by atoms with van der Waals surface area (Å²) in [5.41, 5.74) is 1.68. The fraction of sp³-hybridized carbons (Fsp3) is 0.294. The van der Waals surface area contributed by atoms with E-state index in [9.17, 15) is 4.79 Å². The number of morpholine rings is 1. The van der Waals surface area contributed by atoms with E-state index >= 15 is 0 Å². The summed E-state index contributed by atoms with van der Waals surface area (Å²) in [5.74, 6) is 0.538. The Morgan fingerprint density at radius 1 is 1.32 bits per heavy atom. The standard InChI is InChI=1S/C17H19N3O3.2ClH/c21-17(16-11-19-7-8-22-16)20-14-4-1-5-15(9-14)23-12-13-3-2-6-18-10-13;;/h1-6,9-10,16,19H,7-8,11-12H2,(H,20,21);2*1H. The van der Waals surface area contributed by atoms with Crippen LogP contribution in [0.1, 0.15) is 5.56 Å². The van der Waals surface area contributed by atoms with Crippen LogP contribution in [-0.4, -0.2) is 36.7 Å². The molecule has 8 heteroatoms. The van der Waals surface area contributed by atoms with Gasteiger partial charge >= 0.3 is 0 Å². The molecule has 2 aromatic rings. The van der Waals surface area contributed by atoms with Crippen LogP contribution in [0.15, 0.2) is 48.8 Å². The lowest BCUT2D eigenvalue weighted by Crippen LogP contribution is -2.45. The predicted molar refractivity (Wildman–Crippen MR) is 101 cm³/mol. The minimum atomic E-state index is -0.455. The van der Waals surface area contributed by atoms with Crippen LogP contribution in [0.5, 0.6) is 5.75 Å². The highest BCUT2D eigenvalue weighted by Crippen LogP contribution is 2.19. The van der Waals surface area contributed by atoms with Crippen LogP contribution in [0, 0.1) is 0 Å². The van der Waals surface area contributed by atoms with Gasteiger partial charge in [-0.25, -0.2) is 0 Å². The summed E-state index contributed by atoms with van der Waals surface area (Å²) >= 11 is 0. The smallest absolute Gasteiger partial charge is 0.254 e. The molecule has 1 saturated heterocycles. The number of hydrogen-bond acceptors (Lipinski definition) is 5. The topological polar surface area (TPSA) is 72.5 Å². The highest BCUT2D eigenvalue weighted by atomic mass is 35.5. The molecule has 0 radical (unpaired) electrons. The van der Waals surface area contributed by atoms with E-state index < -0.39 is 6.10 Å². The highest BCUT2D eigenvalue weighted by molar-refractivity contribution is 5.94. The third kappa shape index (κ3) is 6.51. The van der Waals surface area contributed by atoms with Gasteiger partial charge in [-0.3, -0.25) is 9.78 Å². The van der Waals surface area contributed by atoms with Gasteiger partial charge in [-0.05, 0) is 18.2 Å². The quantitative estimate of drug-likeness (QED) is 0.826. The van der Waals surface area contributed by atoms with Gasteiger partial charge in [0.1, 0.15) is 18.5 Å². The summed E-state index contributed by atoms with van der Waals surface area (Å²) in [6.45, 7) is 2.29. The van der Waals surface area contributed by atoms with Gasteiger partial charge in [0.05, 0.1) is 6.61 Å². The first-order chi connectivity index (χ1) is 11.3. The number of anilines is 1. The number of amides is 1. The van der Waals surface area contributed by atoms with Crippen LogP contribution >= 0.6 is 24.8 Å². The maximum atomic E-state index is 12.1. The molecule has 6 nitrogen and oxygen atoms in total. The Labute approximate surface area is 159 Å². The average Bonchev–Trinajstić information content (AvgIpc) is 2.62. The Morgan fingerprint density at radius 3 is 2.92 bits per heavy atom. The van der Waals surface area contributed by atoms with E-state index in [0.717, 1.165) is 12.1 Å². The van der Waals surface area contributed by atoms with E-state index in [-0.39, 0.29) is 30.7 Å². The largest absolute Gasteiger partial charge is 0.489 e. The number of rotatable bonds is 5. The second-order valence-electron chi connectivity index (χ2n) is 5.23. The van der Waals surface area contributed by atoms with Crippen LogP contribution in [0.2, 0.25) is 0 Å². The van der Waals surface area contributed by atoms with Crippen molar-refractivity contribution in [1.82, 2.24) is 10.3 Å². The van der Waals surface area contributed by atoms with Crippen LogP contribution in [0.25, 0.3) is 0 Å². The summed E-state index contributed by atoms with van der Waals surface area (Å²) in [5, 5.41) is 5.99. The molecule has 1 atom stereocenters. The zero-order valence-electron chi connectivity index (χ0n) is 13.5. The van der Waals surface area contributed by atoms with Gasteiger partial charge in [0.2, 0.25) is 0 Å². The zero-order valence-corrected chi connectivity index (χ0v) is 15.1. The van der Waals surface area contributed by atoms with Gasteiger partial charge in [-0.2, -0.15) is 0 Å². The Kier molecular flexibility index (Phi) is 9.23. The maximum Gasteiger partial charge on any atom is 0.254 e. The number of nitrogens with zero attached hydrogens (tertiary/aromatic N) is 1. The lowest BCUT2D eigenvalue weighted by molar-refractivity contribution is -0.128. The van der Waals surface area contributed by atoms with Crippen molar-refractivity contribution in [2.24, 2.45) is 0 Å². The molecule has 0 saturated carbocycles. The number of hydrogen-bond donors (Lipinski definition) is 2. The molecular weight excluding hydrogens is 365 g/mol. The Balaban J connectivity index is 0.00000156. The first kappa shape index (κ1) is 21.2. The molecule has 1 aromatic carbocycles. The normalized spacial score (nSPS) is 16.1. The first-order valence-electron chi connectivity index (χ1n) is 7.56. The minimum absolute atomic E-state index is 0. The van der Waals surface area contributed by atoms with Crippen molar-refractivity contribution in [3.8, 4) is 5.75 Å². The van der Waals surface area contributed by atoms with Crippen molar-refractivity contribution >= 4 is 36.4 Å². The van der Waals surface area contributed by atoms with Crippen molar-refractivity contribution in [2.75, 3.05) is 25.0 Å². The summed E-state index contributed by atoms with van der Waals surface area (Å²) in [7, 11) is 0. The third-order valence-electron chi connectivity index (χ3n) is 3.45. The van der Waals surface area contributed by atoms with Gasteiger partial charge in [0, 0.05) is 42.8 Å². The van der Waals surface area contributed by atoms with Crippen LogP contribution < -0.4 is 15.4 Å². The number of ether oxygens (including phenoxy) is 2. The first-order valence-corrected chi connectivity index (χ1v) is 7.56. The van der Waals surface area contributed by atoms with Crippen molar-refractivity contribution in [3.63, 3.8) is 0 Å². The van der Waals surface area contributed by atoms with Gasteiger partial charge in [-0.15, -0.1) is 24.8 Å². The zero-order chi connectivity index (χ0) is 15.9. The molecule has 1 aliphatic heterocycles. The molecule has 3 rings (SSSR count). The molecule has 1 fully saturated rings. The van der Waals surface area contributed by atoms with E-state index in [1.807, 2.05) is 30.3 Å². The van der Waals surface area contributed by atoms with E-state index in [4.69, 9.17) is 9.47 Å². The lowest BCUT2D eigenvalue weighted by Gasteiger charge is -2.22.